The Morgan fingerprint density at radius 2 is 1.92 bits per heavy atom. The van der Waals surface area contributed by atoms with Gasteiger partial charge in [0.1, 0.15) is 0 Å². The summed E-state index contributed by atoms with van der Waals surface area (Å²) in [4.78, 5) is 0. The third-order valence-corrected chi connectivity index (χ3v) is 4.58. The lowest BCUT2D eigenvalue weighted by Gasteiger charge is -2.31. The Labute approximate surface area is 82.5 Å². The van der Waals surface area contributed by atoms with Gasteiger partial charge in [0.15, 0.2) is 0 Å². The standard InChI is InChI=1S/C7H13ClO2S2/c1-7(6-12(8,9)10)2-4-11-5-3-7/h2-6H2,1H3. The predicted molar refractivity (Wildman–Crippen MR) is 54.3 cm³/mol. The zero-order valence-corrected chi connectivity index (χ0v) is 9.44. The summed E-state index contributed by atoms with van der Waals surface area (Å²) in [5.74, 6) is 2.24. The zero-order valence-electron chi connectivity index (χ0n) is 7.05. The SMILES string of the molecule is CC1(CS(=O)(=O)Cl)CCSCC1. The van der Waals surface area contributed by atoms with E-state index in [2.05, 4.69) is 0 Å². The lowest BCUT2D eigenvalue weighted by Crippen LogP contribution is -2.29. The topological polar surface area (TPSA) is 34.1 Å². The van der Waals surface area contributed by atoms with Crippen molar-refractivity contribution in [3.63, 3.8) is 0 Å². The predicted octanol–water partition coefficient (Wildman–Crippen LogP) is 2.09. The van der Waals surface area contributed by atoms with Crippen LogP contribution in [0.3, 0.4) is 0 Å². The van der Waals surface area contributed by atoms with E-state index in [1.54, 1.807) is 0 Å². The van der Waals surface area contributed by atoms with Crippen LogP contribution in [0, 0.1) is 5.41 Å². The normalized spacial score (nSPS) is 23.8. The van der Waals surface area contributed by atoms with Gasteiger partial charge < -0.3 is 0 Å². The summed E-state index contributed by atoms with van der Waals surface area (Å²) in [5, 5.41) is 0. The Bertz CT molecular complexity index is 242. The molecule has 0 aromatic heterocycles. The molecule has 2 nitrogen and oxygen atoms in total. The molecule has 0 aliphatic carbocycles. The molecule has 0 N–H and O–H groups in total. The molecule has 1 rings (SSSR count). The van der Waals surface area contributed by atoms with E-state index in [9.17, 15) is 8.42 Å². The van der Waals surface area contributed by atoms with Crippen molar-refractivity contribution in [1.82, 2.24) is 0 Å². The minimum absolute atomic E-state index is 0.0775. The van der Waals surface area contributed by atoms with E-state index < -0.39 is 9.05 Å². The number of hydrogen-bond donors (Lipinski definition) is 0. The van der Waals surface area contributed by atoms with Crippen molar-refractivity contribution in [3.8, 4) is 0 Å². The molecule has 0 aromatic carbocycles. The highest BCUT2D eigenvalue weighted by Crippen LogP contribution is 2.36. The Kier molecular flexibility index (Phi) is 3.34. The van der Waals surface area contributed by atoms with Gasteiger partial charge in [-0.3, -0.25) is 0 Å². The molecule has 1 aliphatic heterocycles. The molecule has 1 fully saturated rings. The molecule has 0 saturated carbocycles. The summed E-state index contributed by atoms with van der Waals surface area (Å²) in [6, 6.07) is 0. The third kappa shape index (κ3) is 3.54. The monoisotopic (exact) mass is 228 g/mol. The summed E-state index contributed by atoms with van der Waals surface area (Å²) in [7, 11) is 1.90. The van der Waals surface area contributed by atoms with E-state index in [0.29, 0.717) is 0 Å². The van der Waals surface area contributed by atoms with Crippen LogP contribution < -0.4 is 0 Å². The molecule has 0 aromatic rings. The maximum absolute atomic E-state index is 10.9. The third-order valence-electron chi connectivity index (χ3n) is 2.22. The van der Waals surface area contributed by atoms with Crippen molar-refractivity contribution < 1.29 is 8.42 Å². The quantitative estimate of drug-likeness (QED) is 0.679. The minimum Gasteiger partial charge on any atom is -0.212 e. The first-order chi connectivity index (χ1) is 5.41. The molecule has 1 heterocycles. The van der Waals surface area contributed by atoms with Crippen LogP contribution >= 0.6 is 22.4 Å². The van der Waals surface area contributed by atoms with Gasteiger partial charge in [-0.15, -0.1) is 0 Å². The van der Waals surface area contributed by atoms with Gasteiger partial charge in [-0.1, -0.05) is 6.92 Å². The second-order valence-corrected chi connectivity index (χ2v) is 7.61. The fourth-order valence-electron chi connectivity index (χ4n) is 1.42. The molecule has 1 aliphatic rings. The lowest BCUT2D eigenvalue weighted by molar-refractivity contribution is 0.339. The van der Waals surface area contributed by atoms with Gasteiger partial charge in [0.2, 0.25) is 9.05 Å². The first-order valence-electron chi connectivity index (χ1n) is 3.91. The van der Waals surface area contributed by atoms with Gasteiger partial charge in [0.05, 0.1) is 5.75 Å². The van der Waals surface area contributed by atoms with Crippen molar-refractivity contribution in [1.29, 1.82) is 0 Å². The highest BCUT2D eigenvalue weighted by Gasteiger charge is 2.31. The molecular formula is C7H13ClO2S2. The Balaban J connectivity index is 2.59. The second-order valence-electron chi connectivity index (χ2n) is 3.61. The van der Waals surface area contributed by atoms with Crippen LogP contribution in [-0.4, -0.2) is 25.7 Å². The van der Waals surface area contributed by atoms with E-state index in [1.165, 1.54) is 0 Å². The summed E-state index contributed by atoms with van der Waals surface area (Å²) in [5.41, 5.74) is -0.0775. The van der Waals surface area contributed by atoms with Crippen LogP contribution in [0.4, 0.5) is 0 Å². The average Bonchev–Trinajstić information content (AvgIpc) is 1.83. The fourth-order valence-corrected chi connectivity index (χ4v) is 4.81. The maximum atomic E-state index is 10.9. The van der Waals surface area contributed by atoms with Crippen molar-refractivity contribution in [3.05, 3.63) is 0 Å². The summed E-state index contributed by atoms with van der Waals surface area (Å²) < 4.78 is 21.7. The average molecular weight is 229 g/mol. The highest BCUT2D eigenvalue weighted by molar-refractivity contribution is 8.13. The first-order valence-corrected chi connectivity index (χ1v) is 7.55. The van der Waals surface area contributed by atoms with Crippen LogP contribution in [-0.2, 0) is 9.05 Å². The van der Waals surface area contributed by atoms with Crippen LogP contribution in [0.1, 0.15) is 19.8 Å². The Hall–Kier alpha value is 0.590. The zero-order chi connectivity index (χ0) is 9.24. The van der Waals surface area contributed by atoms with E-state index >= 15 is 0 Å². The van der Waals surface area contributed by atoms with E-state index in [-0.39, 0.29) is 11.2 Å². The summed E-state index contributed by atoms with van der Waals surface area (Å²) in [6.45, 7) is 2.01. The molecule has 12 heavy (non-hydrogen) atoms. The van der Waals surface area contributed by atoms with E-state index in [4.69, 9.17) is 10.7 Å². The van der Waals surface area contributed by atoms with E-state index in [0.717, 1.165) is 24.3 Å². The molecule has 0 atom stereocenters. The number of rotatable bonds is 2. The van der Waals surface area contributed by atoms with Crippen molar-refractivity contribution >= 4 is 31.5 Å². The van der Waals surface area contributed by atoms with E-state index in [1.807, 2.05) is 18.7 Å². The second kappa shape index (κ2) is 3.76. The van der Waals surface area contributed by atoms with Crippen LogP contribution in [0.2, 0.25) is 0 Å². The highest BCUT2D eigenvalue weighted by atomic mass is 35.7. The van der Waals surface area contributed by atoms with Crippen LogP contribution in [0.5, 0.6) is 0 Å². The molecule has 0 amide bonds. The first kappa shape index (κ1) is 10.7. The van der Waals surface area contributed by atoms with Crippen LogP contribution in [0.15, 0.2) is 0 Å². The maximum Gasteiger partial charge on any atom is 0.233 e. The van der Waals surface area contributed by atoms with Gasteiger partial charge in [-0.2, -0.15) is 11.8 Å². The fraction of sp³-hybridized carbons (Fsp3) is 1.00. The minimum atomic E-state index is -3.32. The van der Waals surface area contributed by atoms with Gasteiger partial charge in [0.25, 0.3) is 0 Å². The van der Waals surface area contributed by atoms with Gasteiger partial charge >= 0.3 is 0 Å². The largest absolute Gasteiger partial charge is 0.233 e. The molecule has 1 saturated heterocycles. The molecule has 0 radical (unpaired) electrons. The molecule has 72 valence electrons. The number of hydrogen-bond acceptors (Lipinski definition) is 3. The summed E-state index contributed by atoms with van der Waals surface area (Å²) >= 11 is 1.89. The molecule has 0 spiro atoms. The van der Waals surface area contributed by atoms with Crippen molar-refractivity contribution in [2.45, 2.75) is 19.8 Å². The summed E-state index contributed by atoms with van der Waals surface area (Å²) in [6.07, 6.45) is 1.92. The molecule has 5 heteroatoms. The van der Waals surface area contributed by atoms with Crippen molar-refractivity contribution in [2.24, 2.45) is 5.41 Å². The molecular weight excluding hydrogens is 216 g/mol. The van der Waals surface area contributed by atoms with Gasteiger partial charge in [-0.25, -0.2) is 8.42 Å². The van der Waals surface area contributed by atoms with Gasteiger partial charge in [0, 0.05) is 10.7 Å². The molecule has 0 bridgehead atoms. The van der Waals surface area contributed by atoms with Crippen molar-refractivity contribution in [2.75, 3.05) is 17.3 Å². The number of thioether (sulfide) groups is 1. The Morgan fingerprint density at radius 1 is 1.42 bits per heavy atom. The van der Waals surface area contributed by atoms with Gasteiger partial charge in [-0.05, 0) is 29.8 Å². The number of halogens is 1. The Morgan fingerprint density at radius 3 is 2.33 bits per heavy atom. The molecule has 0 unspecified atom stereocenters. The smallest absolute Gasteiger partial charge is 0.212 e. The van der Waals surface area contributed by atoms with Crippen LogP contribution in [0.25, 0.3) is 0 Å². The lowest BCUT2D eigenvalue weighted by atomic mass is 9.87.